The normalized spacial score (nSPS) is 12.2. The van der Waals surface area contributed by atoms with E-state index in [0.717, 1.165) is 0 Å². The summed E-state index contributed by atoms with van der Waals surface area (Å²) in [6.45, 7) is 6.98. The molecular formula is C12H24N4O3S. The molecule has 0 aliphatic heterocycles. The molecule has 0 radical (unpaired) electrons. The highest BCUT2D eigenvalue weighted by Gasteiger charge is 2.23. The molecule has 0 unspecified atom stereocenters. The van der Waals surface area contributed by atoms with Gasteiger partial charge in [0.25, 0.3) is 0 Å². The number of H-pyrrole nitrogens is 1. The summed E-state index contributed by atoms with van der Waals surface area (Å²) < 4.78 is 32.1. The fourth-order valence-electron chi connectivity index (χ4n) is 1.74. The first-order valence-electron chi connectivity index (χ1n) is 6.64. The van der Waals surface area contributed by atoms with Gasteiger partial charge >= 0.3 is 0 Å². The predicted octanol–water partition coefficient (Wildman–Crippen LogP) is 0.531. The molecule has 0 atom stereocenters. The van der Waals surface area contributed by atoms with Crippen molar-refractivity contribution in [3.05, 3.63) is 11.4 Å². The summed E-state index contributed by atoms with van der Waals surface area (Å²) >= 11 is 0. The van der Waals surface area contributed by atoms with Crippen LogP contribution in [0.1, 0.15) is 31.7 Å². The van der Waals surface area contributed by atoms with E-state index in [-0.39, 0.29) is 10.9 Å². The molecule has 0 saturated heterocycles. The van der Waals surface area contributed by atoms with Crippen molar-refractivity contribution in [2.45, 2.75) is 44.7 Å². The maximum absolute atomic E-state index is 12.3. The summed E-state index contributed by atoms with van der Waals surface area (Å²) in [5.74, 6) is 0. The highest BCUT2D eigenvalue weighted by atomic mass is 32.2. The number of sulfonamides is 1. The fraction of sp³-hybridized carbons (Fsp3) is 0.750. The predicted molar refractivity (Wildman–Crippen MR) is 77.0 cm³/mol. The van der Waals surface area contributed by atoms with Crippen LogP contribution >= 0.6 is 0 Å². The Labute approximate surface area is 120 Å². The van der Waals surface area contributed by atoms with Crippen molar-refractivity contribution in [1.29, 1.82) is 0 Å². The van der Waals surface area contributed by atoms with Gasteiger partial charge in [-0.1, -0.05) is 13.8 Å². The maximum Gasteiger partial charge on any atom is 0.244 e. The number of aryl methyl sites for hydroxylation is 1. The van der Waals surface area contributed by atoms with E-state index in [4.69, 9.17) is 4.74 Å². The van der Waals surface area contributed by atoms with Gasteiger partial charge in [-0.25, -0.2) is 13.1 Å². The number of nitrogens with zero attached hydrogens (tertiary/aromatic N) is 1. The summed E-state index contributed by atoms with van der Waals surface area (Å²) in [7, 11) is -1.96. The van der Waals surface area contributed by atoms with Gasteiger partial charge in [0.05, 0.1) is 11.4 Å². The van der Waals surface area contributed by atoms with Crippen LogP contribution in [0.2, 0.25) is 0 Å². The Kier molecular flexibility index (Phi) is 6.60. The minimum atomic E-state index is -3.55. The second-order valence-electron chi connectivity index (χ2n) is 4.90. The van der Waals surface area contributed by atoms with E-state index in [1.54, 1.807) is 14.0 Å². The average Bonchev–Trinajstić information content (AvgIpc) is 2.74. The summed E-state index contributed by atoms with van der Waals surface area (Å²) in [6, 6.07) is 0.261. The first-order chi connectivity index (χ1) is 9.38. The Morgan fingerprint density at radius 3 is 2.70 bits per heavy atom. The second-order valence-corrected chi connectivity index (χ2v) is 6.61. The zero-order valence-corrected chi connectivity index (χ0v) is 13.3. The van der Waals surface area contributed by atoms with Gasteiger partial charge in [-0.05, 0) is 13.3 Å². The smallest absolute Gasteiger partial charge is 0.244 e. The summed E-state index contributed by atoms with van der Waals surface area (Å²) in [6.07, 6.45) is 0.631. The van der Waals surface area contributed by atoms with Crippen LogP contribution in [0, 0.1) is 6.92 Å². The standard InChI is InChI=1S/C12H24N4O3S/c1-9(2)13-8-11-12(10(3)15-16-11)20(17,18)14-6-5-7-19-4/h9,13-14H,5-8H2,1-4H3,(H,15,16). The Morgan fingerprint density at radius 1 is 1.40 bits per heavy atom. The van der Waals surface area contributed by atoms with E-state index in [1.165, 1.54) is 0 Å². The molecule has 1 aromatic rings. The fourth-order valence-corrected chi connectivity index (χ4v) is 3.18. The lowest BCUT2D eigenvalue weighted by atomic mass is 10.3. The van der Waals surface area contributed by atoms with Gasteiger partial charge in [-0.15, -0.1) is 0 Å². The van der Waals surface area contributed by atoms with Crippen LogP contribution in [0.25, 0.3) is 0 Å². The molecule has 0 aliphatic rings. The van der Waals surface area contributed by atoms with Crippen molar-refractivity contribution in [2.75, 3.05) is 20.3 Å². The molecule has 0 amide bonds. The number of ether oxygens (including phenoxy) is 1. The van der Waals surface area contributed by atoms with Crippen LogP contribution in [-0.4, -0.2) is 44.9 Å². The van der Waals surface area contributed by atoms with Crippen LogP contribution in [0.15, 0.2) is 4.90 Å². The van der Waals surface area contributed by atoms with E-state index in [0.29, 0.717) is 37.5 Å². The van der Waals surface area contributed by atoms with Crippen molar-refractivity contribution >= 4 is 10.0 Å². The van der Waals surface area contributed by atoms with Crippen molar-refractivity contribution in [3.63, 3.8) is 0 Å². The molecular weight excluding hydrogens is 280 g/mol. The first-order valence-corrected chi connectivity index (χ1v) is 8.12. The van der Waals surface area contributed by atoms with Crippen LogP contribution in [0.5, 0.6) is 0 Å². The van der Waals surface area contributed by atoms with E-state index >= 15 is 0 Å². The molecule has 1 heterocycles. The zero-order valence-electron chi connectivity index (χ0n) is 12.5. The highest BCUT2D eigenvalue weighted by Crippen LogP contribution is 2.17. The van der Waals surface area contributed by atoms with Gasteiger partial charge in [0.15, 0.2) is 0 Å². The number of methoxy groups -OCH3 is 1. The third-order valence-corrected chi connectivity index (χ3v) is 4.39. The van der Waals surface area contributed by atoms with Crippen LogP contribution in [-0.2, 0) is 21.3 Å². The SMILES string of the molecule is COCCCNS(=O)(=O)c1c(CNC(C)C)n[nH]c1C. The van der Waals surface area contributed by atoms with Crippen LogP contribution in [0.4, 0.5) is 0 Å². The molecule has 0 bridgehead atoms. The third kappa shape index (κ3) is 4.86. The van der Waals surface area contributed by atoms with Crippen LogP contribution < -0.4 is 10.0 Å². The number of aromatic nitrogens is 2. The van der Waals surface area contributed by atoms with Gasteiger partial charge in [-0.2, -0.15) is 5.10 Å². The Balaban J connectivity index is 2.79. The largest absolute Gasteiger partial charge is 0.385 e. The maximum atomic E-state index is 12.3. The summed E-state index contributed by atoms with van der Waals surface area (Å²) in [5, 5.41) is 9.97. The molecule has 20 heavy (non-hydrogen) atoms. The Hall–Kier alpha value is -0.960. The van der Waals surface area contributed by atoms with Gasteiger partial charge in [0, 0.05) is 32.8 Å². The molecule has 0 saturated carbocycles. The monoisotopic (exact) mass is 304 g/mol. The quantitative estimate of drug-likeness (QED) is 0.578. The van der Waals surface area contributed by atoms with Crippen molar-refractivity contribution in [1.82, 2.24) is 20.2 Å². The number of hydrogen-bond donors (Lipinski definition) is 3. The molecule has 8 heteroatoms. The van der Waals surface area contributed by atoms with Crippen molar-refractivity contribution < 1.29 is 13.2 Å². The third-order valence-electron chi connectivity index (χ3n) is 2.73. The van der Waals surface area contributed by atoms with E-state index < -0.39 is 10.0 Å². The van der Waals surface area contributed by atoms with Gasteiger partial charge < -0.3 is 10.1 Å². The second kappa shape index (κ2) is 7.72. The number of nitrogens with one attached hydrogen (secondary N) is 3. The molecule has 1 aromatic heterocycles. The van der Waals surface area contributed by atoms with Gasteiger partial charge in [0.2, 0.25) is 10.0 Å². The molecule has 0 spiro atoms. The molecule has 7 nitrogen and oxygen atoms in total. The van der Waals surface area contributed by atoms with E-state index in [1.807, 2.05) is 13.8 Å². The molecule has 1 rings (SSSR count). The molecule has 0 aromatic carbocycles. The molecule has 116 valence electrons. The van der Waals surface area contributed by atoms with Crippen molar-refractivity contribution in [3.8, 4) is 0 Å². The lowest BCUT2D eigenvalue weighted by Crippen LogP contribution is -2.28. The minimum absolute atomic E-state index is 0.239. The van der Waals surface area contributed by atoms with Crippen molar-refractivity contribution in [2.24, 2.45) is 0 Å². The number of rotatable bonds is 9. The topological polar surface area (TPSA) is 96.1 Å². The van der Waals surface area contributed by atoms with E-state index in [9.17, 15) is 8.42 Å². The van der Waals surface area contributed by atoms with Gasteiger partial charge in [-0.3, -0.25) is 5.10 Å². The average molecular weight is 304 g/mol. The minimum Gasteiger partial charge on any atom is -0.385 e. The number of aromatic amines is 1. The highest BCUT2D eigenvalue weighted by molar-refractivity contribution is 7.89. The van der Waals surface area contributed by atoms with E-state index in [2.05, 4.69) is 20.2 Å². The Morgan fingerprint density at radius 2 is 2.10 bits per heavy atom. The number of hydrogen-bond acceptors (Lipinski definition) is 5. The lowest BCUT2D eigenvalue weighted by molar-refractivity contribution is 0.196. The molecule has 0 fully saturated rings. The zero-order chi connectivity index (χ0) is 15.2. The van der Waals surface area contributed by atoms with Crippen LogP contribution in [0.3, 0.4) is 0 Å². The van der Waals surface area contributed by atoms with Gasteiger partial charge in [0.1, 0.15) is 4.90 Å². The summed E-state index contributed by atoms with van der Waals surface area (Å²) in [5.41, 5.74) is 1.06. The lowest BCUT2D eigenvalue weighted by Gasteiger charge is -2.10. The first kappa shape index (κ1) is 17.1. The Bertz CT molecular complexity index is 511. The molecule has 3 N–H and O–H groups in total. The summed E-state index contributed by atoms with van der Waals surface area (Å²) in [4.78, 5) is 0.239. The molecule has 0 aliphatic carbocycles.